The van der Waals surface area contributed by atoms with Gasteiger partial charge in [-0.1, -0.05) is 0 Å². The van der Waals surface area contributed by atoms with Crippen molar-refractivity contribution in [2.45, 2.75) is 6.92 Å². The Morgan fingerprint density at radius 3 is 2.67 bits per heavy atom. The number of amides is 1. The number of nitro benzene ring substituents is 1. The van der Waals surface area contributed by atoms with E-state index in [9.17, 15) is 20.0 Å². The number of thiocarbonyl (C=S) groups is 1. The molecule has 142 valence electrons. The second-order valence-corrected chi connectivity index (χ2v) is 5.57. The van der Waals surface area contributed by atoms with Crippen molar-refractivity contribution in [3.8, 4) is 17.2 Å². The average molecular weight is 391 g/mol. The first-order chi connectivity index (χ1) is 12.8. The van der Waals surface area contributed by atoms with E-state index in [0.29, 0.717) is 5.75 Å². The van der Waals surface area contributed by atoms with Crippen LogP contribution >= 0.6 is 12.2 Å². The van der Waals surface area contributed by atoms with Gasteiger partial charge < -0.3 is 19.9 Å². The predicted octanol–water partition coefficient (Wildman–Crippen LogP) is 2.83. The lowest BCUT2D eigenvalue weighted by atomic mass is 10.1. The second kappa shape index (κ2) is 8.81. The monoisotopic (exact) mass is 391 g/mol. The minimum atomic E-state index is -0.652. The summed E-state index contributed by atoms with van der Waals surface area (Å²) in [5.74, 6) is -0.197. The van der Waals surface area contributed by atoms with E-state index in [4.69, 9.17) is 21.7 Å². The van der Waals surface area contributed by atoms with Crippen LogP contribution < -0.4 is 20.1 Å². The van der Waals surface area contributed by atoms with Crippen LogP contribution in [0.25, 0.3) is 0 Å². The van der Waals surface area contributed by atoms with Crippen molar-refractivity contribution in [3.05, 3.63) is 52.1 Å². The molecule has 10 heteroatoms. The molecule has 0 spiro atoms. The first-order valence-corrected chi connectivity index (χ1v) is 8.17. The van der Waals surface area contributed by atoms with Gasteiger partial charge in [0.25, 0.3) is 5.91 Å². The summed E-state index contributed by atoms with van der Waals surface area (Å²) < 4.78 is 10.2. The van der Waals surface area contributed by atoms with Crippen molar-refractivity contribution in [2.75, 3.05) is 19.0 Å². The maximum atomic E-state index is 12.3. The van der Waals surface area contributed by atoms with Crippen molar-refractivity contribution in [2.24, 2.45) is 0 Å². The highest BCUT2D eigenvalue weighted by Gasteiger charge is 2.19. The van der Waals surface area contributed by atoms with Crippen molar-refractivity contribution in [1.29, 1.82) is 0 Å². The molecule has 0 unspecified atom stereocenters. The zero-order valence-electron chi connectivity index (χ0n) is 14.5. The van der Waals surface area contributed by atoms with Crippen LogP contribution in [0.4, 0.5) is 11.4 Å². The molecule has 2 aromatic rings. The van der Waals surface area contributed by atoms with Gasteiger partial charge in [0.2, 0.25) is 0 Å². The lowest BCUT2D eigenvalue weighted by Gasteiger charge is -2.12. The zero-order chi connectivity index (χ0) is 20.0. The second-order valence-electron chi connectivity index (χ2n) is 5.16. The van der Waals surface area contributed by atoms with Gasteiger partial charge in [0.1, 0.15) is 11.5 Å². The summed E-state index contributed by atoms with van der Waals surface area (Å²) in [6.07, 6.45) is 0. The van der Waals surface area contributed by atoms with Crippen LogP contribution in [-0.2, 0) is 0 Å². The maximum Gasteiger partial charge on any atom is 0.311 e. The number of aromatic hydroxyl groups is 1. The number of ether oxygens (including phenoxy) is 2. The summed E-state index contributed by atoms with van der Waals surface area (Å²) >= 11 is 5.05. The summed E-state index contributed by atoms with van der Waals surface area (Å²) in [6.45, 7) is 1.95. The third-order valence-corrected chi connectivity index (χ3v) is 3.60. The molecule has 3 N–H and O–H groups in total. The van der Waals surface area contributed by atoms with E-state index in [0.717, 1.165) is 6.07 Å². The van der Waals surface area contributed by atoms with Crippen molar-refractivity contribution < 1.29 is 24.3 Å². The molecule has 0 fully saturated rings. The lowest BCUT2D eigenvalue weighted by Crippen LogP contribution is -2.34. The van der Waals surface area contributed by atoms with Crippen molar-refractivity contribution in [1.82, 2.24) is 5.32 Å². The number of phenols is 1. The highest BCUT2D eigenvalue weighted by Crippen LogP contribution is 2.29. The number of nitro groups is 1. The van der Waals surface area contributed by atoms with Gasteiger partial charge in [0, 0.05) is 17.7 Å². The normalized spacial score (nSPS) is 10.0. The molecule has 0 aromatic heterocycles. The molecular formula is C17H17N3O6S. The number of phenolic OH excluding ortho intramolecular Hbond substituents is 1. The Morgan fingerprint density at radius 2 is 2.04 bits per heavy atom. The number of hydrogen-bond acceptors (Lipinski definition) is 7. The Hall–Kier alpha value is -3.40. The number of benzene rings is 2. The third kappa shape index (κ3) is 5.05. The van der Waals surface area contributed by atoms with Gasteiger partial charge in [0.15, 0.2) is 10.9 Å². The minimum Gasteiger partial charge on any atom is -0.506 e. The predicted molar refractivity (Wildman–Crippen MR) is 103 cm³/mol. The number of nitrogens with one attached hydrogen (secondary N) is 2. The molecule has 0 atom stereocenters. The Balaban J connectivity index is 2.13. The van der Waals surface area contributed by atoms with E-state index in [1.54, 1.807) is 13.0 Å². The quantitative estimate of drug-likeness (QED) is 0.297. The van der Waals surface area contributed by atoms with Gasteiger partial charge in [0.05, 0.1) is 24.3 Å². The number of methoxy groups -OCH3 is 1. The molecule has 27 heavy (non-hydrogen) atoms. The number of carbonyl (C=O) groups is 1. The fraction of sp³-hybridized carbons (Fsp3) is 0.176. The Kier molecular flexibility index (Phi) is 6.50. The van der Waals surface area contributed by atoms with E-state index >= 15 is 0 Å². The molecule has 0 radical (unpaired) electrons. The Bertz CT molecular complexity index is 887. The summed E-state index contributed by atoms with van der Waals surface area (Å²) in [7, 11) is 1.47. The lowest BCUT2D eigenvalue weighted by molar-refractivity contribution is -0.385. The first kappa shape index (κ1) is 19.9. The van der Waals surface area contributed by atoms with Crippen molar-refractivity contribution >= 4 is 34.6 Å². The standard InChI is InChI=1S/C17H17N3O6S/c1-3-26-15-7-4-10(8-13(15)20(23)24)16(22)19-17(27)18-12-9-11(25-2)5-6-14(12)21/h4-9,21H,3H2,1-2H3,(H2,18,19,22,27). The van der Waals surface area contributed by atoms with Crippen molar-refractivity contribution in [3.63, 3.8) is 0 Å². The summed E-state index contributed by atoms with van der Waals surface area (Å²) in [5.41, 5.74) is -0.0599. The molecule has 2 aromatic carbocycles. The van der Waals surface area contributed by atoms with Crippen LogP contribution in [0.3, 0.4) is 0 Å². The molecule has 0 heterocycles. The van der Waals surface area contributed by atoms with E-state index in [1.807, 2.05) is 0 Å². The van der Waals surface area contributed by atoms with E-state index < -0.39 is 10.8 Å². The van der Waals surface area contributed by atoms with E-state index in [-0.39, 0.29) is 40.2 Å². The smallest absolute Gasteiger partial charge is 0.311 e. The molecule has 0 bridgehead atoms. The van der Waals surface area contributed by atoms with Gasteiger partial charge >= 0.3 is 5.69 Å². The van der Waals surface area contributed by atoms with Crippen LogP contribution in [0.5, 0.6) is 17.2 Å². The summed E-state index contributed by atoms with van der Waals surface area (Å²) in [6, 6.07) is 8.30. The number of nitrogens with zero attached hydrogens (tertiary/aromatic N) is 1. The van der Waals surface area contributed by atoms with Crippen LogP contribution in [0.1, 0.15) is 17.3 Å². The Morgan fingerprint density at radius 1 is 1.30 bits per heavy atom. The molecule has 2 rings (SSSR count). The Labute approximate surface area is 160 Å². The number of rotatable bonds is 6. The average Bonchev–Trinajstić information content (AvgIpc) is 2.63. The topological polar surface area (TPSA) is 123 Å². The van der Waals surface area contributed by atoms with Gasteiger partial charge in [-0.05, 0) is 43.4 Å². The number of hydrogen-bond donors (Lipinski definition) is 3. The summed E-state index contributed by atoms with van der Waals surface area (Å²) in [4.78, 5) is 22.8. The van der Waals surface area contributed by atoms with Gasteiger partial charge in [-0.15, -0.1) is 0 Å². The fourth-order valence-corrected chi connectivity index (χ4v) is 2.35. The molecule has 9 nitrogen and oxygen atoms in total. The molecule has 0 saturated carbocycles. The number of anilines is 1. The minimum absolute atomic E-state index is 0.0316. The van der Waals surface area contributed by atoms with Crippen LogP contribution in [0.15, 0.2) is 36.4 Å². The maximum absolute atomic E-state index is 12.3. The molecule has 1 amide bonds. The molecule has 0 aliphatic rings. The van der Waals surface area contributed by atoms with Crippen LogP contribution in [0.2, 0.25) is 0 Å². The zero-order valence-corrected chi connectivity index (χ0v) is 15.3. The largest absolute Gasteiger partial charge is 0.506 e. The molecular weight excluding hydrogens is 374 g/mol. The van der Waals surface area contributed by atoms with E-state index in [2.05, 4.69) is 10.6 Å². The highest BCUT2D eigenvalue weighted by molar-refractivity contribution is 7.80. The first-order valence-electron chi connectivity index (χ1n) is 7.76. The molecule has 0 aliphatic carbocycles. The van der Waals surface area contributed by atoms with E-state index in [1.165, 1.54) is 31.4 Å². The molecule has 0 saturated heterocycles. The van der Waals surface area contributed by atoms with Gasteiger partial charge in [-0.25, -0.2) is 0 Å². The fourth-order valence-electron chi connectivity index (χ4n) is 2.15. The van der Waals surface area contributed by atoms with Crippen LogP contribution in [0, 0.1) is 10.1 Å². The van der Waals surface area contributed by atoms with Gasteiger partial charge in [-0.2, -0.15) is 0 Å². The summed E-state index contributed by atoms with van der Waals surface area (Å²) in [5, 5.41) is 25.9. The third-order valence-electron chi connectivity index (χ3n) is 3.40. The number of carbonyl (C=O) groups excluding carboxylic acids is 1. The SMILES string of the molecule is CCOc1ccc(C(=O)NC(=S)Nc2cc(OC)ccc2O)cc1[N+](=O)[O-]. The highest BCUT2D eigenvalue weighted by atomic mass is 32.1. The molecule has 0 aliphatic heterocycles. The van der Waals surface area contributed by atoms with Gasteiger partial charge in [-0.3, -0.25) is 20.2 Å². The van der Waals surface area contributed by atoms with Crippen LogP contribution in [-0.4, -0.2) is 34.8 Å².